The quantitative estimate of drug-likeness (QED) is 0.673. The molecule has 1 atom stereocenters. The van der Waals surface area contributed by atoms with Crippen LogP contribution in [-0.2, 0) is 9.53 Å². The number of fused-ring (bicyclic) bond motifs is 3. The highest BCUT2D eigenvalue weighted by Crippen LogP contribution is 2.45. The summed E-state index contributed by atoms with van der Waals surface area (Å²) >= 11 is 0. The topological polar surface area (TPSA) is 68.5 Å². The second-order valence-electron chi connectivity index (χ2n) is 7.16. The van der Waals surface area contributed by atoms with Crippen molar-refractivity contribution in [3.05, 3.63) is 83.8 Å². The molecular formula is C23H21NO4. The number of furan rings is 1. The molecule has 1 N–H and O–H groups in total. The maximum atomic E-state index is 13.0. The van der Waals surface area contributed by atoms with E-state index in [2.05, 4.69) is 5.32 Å². The Kier molecular flexibility index (Phi) is 4.74. The number of carbonyl (C=O) groups excluding carboxylic acids is 2. The average Bonchev–Trinajstić information content (AvgIpc) is 3.34. The van der Waals surface area contributed by atoms with Crippen LogP contribution in [0.25, 0.3) is 11.1 Å². The van der Waals surface area contributed by atoms with Crippen LogP contribution in [0.5, 0.6) is 0 Å². The van der Waals surface area contributed by atoms with E-state index in [1.54, 1.807) is 12.1 Å². The largest absolute Gasteiger partial charge is 0.459 e. The second-order valence-corrected chi connectivity index (χ2v) is 7.16. The van der Waals surface area contributed by atoms with Crippen LogP contribution >= 0.6 is 0 Å². The predicted molar refractivity (Wildman–Crippen MR) is 105 cm³/mol. The van der Waals surface area contributed by atoms with Crippen molar-refractivity contribution in [3.63, 3.8) is 0 Å². The van der Waals surface area contributed by atoms with Crippen molar-refractivity contribution in [1.29, 1.82) is 0 Å². The van der Waals surface area contributed by atoms with Crippen molar-refractivity contribution < 1.29 is 18.7 Å². The number of ether oxygens (including phenoxy) is 1. The van der Waals surface area contributed by atoms with Crippen molar-refractivity contribution in [1.82, 2.24) is 5.32 Å². The molecule has 0 unspecified atom stereocenters. The fourth-order valence-corrected chi connectivity index (χ4v) is 3.54. The van der Waals surface area contributed by atoms with Gasteiger partial charge in [-0.15, -0.1) is 0 Å². The summed E-state index contributed by atoms with van der Waals surface area (Å²) in [5, 5.41) is 2.73. The smallest absolute Gasteiger partial charge is 0.329 e. The van der Waals surface area contributed by atoms with E-state index in [-0.39, 0.29) is 11.7 Å². The molecule has 28 heavy (non-hydrogen) atoms. The van der Waals surface area contributed by atoms with Gasteiger partial charge in [-0.05, 0) is 29.2 Å². The van der Waals surface area contributed by atoms with E-state index in [1.807, 2.05) is 62.4 Å². The van der Waals surface area contributed by atoms with Crippen LogP contribution in [0, 0.1) is 5.92 Å². The van der Waals surface area contributed by atoms with Gasteiger partial charge in [-0.25, -0.2) is 4.79 Å². The first kappa shape index (κ1) is 18.0. The van der Waals surface area contributed by atoms with Gasteiger partial charge in [0.15, 0.2) is 11.9 Å². The van der Waals surface area contributed by atoms with E-state index < -0.39 is 24.0 Å². The second kappa shape index (κ2) is 7.35. The van der Waals surface area contributed by atoms with Gasteiger partial charge in [-0.1, -0.05) is 62.4 Å². The van der Waals surface area contributed by atoms with Crippen LogP contribution in [0.15, 0.2) is 71.3 Å². The van der Waals surface area contributed by atoms with Crippen molar-refractivity contribution in [2.45, 2.75) is 26.0 Å². The van der Waals surface area contributed by atoms with Crippen LogP contribution < -0.4 is 5.32 Å². The molecule has 1 aliphatic carbocycles. The Hall–Kier alpha value is -3.34. The lowest BCUT2D eigenvalue weighted by Gasteiger charge is -2.23. The van der Waals surface area contributed by atoms with E-state index >= 15 is 0 Å². The first-order valence-corrected chi connectivity index (χ1v) is 9.29. The fraction of sp³-hybridized carbons (Fsp3) is 0.217. The molecule has 0 spiro atoms. The number of carbonyl (C=O) groups is 2. The van der Waals surface area contributed by atoms with E-state index in [4.69, 9.17) is 9.15 Å². The molecule has 0 saturated carbocycles. The van der Waals surface area contributed by atoms with E-state index in [0.717, 1.165) is 22.3 Å². The van der Waals surface area contributed by atoms with Gasteiger partial charge in [-0.2, -0.15) is 0 Å². The molecule has 5 nitrogen and oxygen atoms in total. The van der Waals surface area contributed by atoms with Crippen LogP contribution in [0.2, 0.25) is 0 Å². The normalized spacial score (nSPS) is 13.7. The Morgan fingerprint density at radius 3 is 2.07 bits per heavy atom. The summed E-state index contributed by atoms with van der Waals surface area (Å²) in [5.41, 5.74) is 4.04. The summed E-state index contributed by atoms with van der Waals surface area (Å²) in [5.74, 6) is -0.882. The molecule has 0 radical (unpaired) electrons. The number of esters is 1. The molecule has 0 saturated heterocycles. The molecular weight excluding hydrogens is 354 g/mol. The molecule has 4 rings (SSSR count). The van der Waals surface area contributed by atoms with Crippen molar-refractivity contribution in [3.8, 4) is 11.1 Å². The maximum Gasteiger partial charge on any atom is 0.329 e. The number of benzene rings is 2. The van der Waals surface area contributed by atoms with Gasteiger partial charge in [-0.3, -0.25) is 4.79 Å². The van der Waals surface area contributed by atoms with Crippen molar-refractivity contribution >= 4 is 11.9 Å². The summed E-state index contributed by atoms with van der Waals surface area (Å²) in [7, 11) is 0. The number of nitrogens with one attached hydrogen (secondary N) is 1. The zero-order valence-electron chi connectivity index (χ0n) is 15.7. The molecule has 2 aromatic carbocycles. The van der Waals surface area contributed by atoms with Gasteiger partial charge in [0.25, 0.3) is 5.91 Å². The minimum atomic E-state index is -0.780. The highest BCUT2D eigenvalue weighted by Gasteiger charge is 2.34. The lowest BCUT2D eigenvalue weighted by Crippen LogP contribution is -2.45. The summed E-state index contributed by atoms with van der Waals surface area (Å²) in [6, 6.07) is 18.2. The van der Waals surface area contributed by atoms with Crippen LogP contribution in [-0.4, -0.2) is 17.9 Å². The molecule has 1 aliphatic rings. The third-order valence-electron chi connectivity index (χ3n) is 4.96. The van der Waals surface area contributed by atoms with Crippen LogP contribution in [0.1, 0.15) is 41.6 Å². The summed E-state index contributed by atoms with van der Waals surface area (Å²) in [6.45, 7) is 3.73. The van der Waals surface area contributed by atoms with Crippen LogP contribution in [0.4, 0.5) is 0 Å². The predicted octanol–water partition coefficient (Wildman–Crippen LogP) is 4.35. The first-order chi connectivity index (χ1) is 13.6. The lowest BCUT2D eigenvalue weighted by atomic mass is 10.0. The molecule has 1 heterocycles. The van der Waals surface area contributed by atoms with Crippen LogP contribution in [0.3, 0.4) is 0 Å². The molecule has 142 valence electrons. The Bertz CT molecular complexity index is 961. The van der Waals surface area contributed by atoms with Gasteiger partial charge in [0.1, 0.15) is 6.04 Å². The van der Waals surface area contributed by atoms with Crippen molar-refractivity contribution in [2.75, 3.05) is 0 Å². The summed E-state index contributed by atoms with van der Waals surface area (Å²) in [4.78, 5) is 25.3. The van der Waals surface area contributed by atoms with E-state index in [0.29, 0.717) is 0 Å². The molecule has 0 fully saturated rings. The number of hydrogen-bond donors (Lipinski definition) is 1. The summed E-state index contributed by atoms with van der Waals surface area (Å²) < 4.78 is 11.0. The zero-order valence-corrected chi connectivity index (χ0v) is 15.7. The molecule has 1 amide bonds. The van der Waals surface area contributed by atoms with Gasteiger partial charge < -0.3 is 14.5 Å². The minimum Gasteiger partial charge on any atom is -0.459 e. The fourth-order valence-electron chi connectivity index (χ4n) is 3.54. The first-order valence-electron chi connectivity index (χ1n) is 9.29. The average molecular weight is 375 g/mol. The highest BCUT2D eigenvalue weighted by molar-refractivity contribution is 5.94. The maximum absolute atomic E-state index is 13.0. The molecule has 1 aromatic heterocycles. The third kappa shape index (κ3) is 3.20. The zero-order chi connectivity index (χ0) is 19.7. The Balaban J connectivity index is 1.59. The van der Waals surface area contributed by atoms with Gasteiger partial charge in [0.05, 0.1) is 6.26 Å². The van der Waals surface area contributed by atoms with E-state index in [9.17, 15) is 9.59 Å². The highest BCUT2D eigenvalue weighted by atomic mass is 16.5. The van der Waals surface area contributed by atoms with Gasteiger partial charge in [0, 0.05) is 11.1 Å². The number of amides is 1. The standard InChI is InChI=1S/C23H21NO4/c1-14(2)20(24-22(25)19-12-7-13-27-19)23(26)28-21-17-10-5-3-8-15(17)16-9-4-6-11-18(16)21/h3-14,20-21H,1-2H3,(H,24,25)/t20-/m0/s1. The summed E-state index contributed by atoms with van der Waals surface area (Å²) in [6.07, 6.45) is 0.936. The van der Waals surface area contributed by atoms with Gasteiger partial charge >= 0.3 is 5.97 Å². The number of rotatable bonds is 5. The van der Waals surface area contributed by atoms with Gasteiger partial charge in [0.2, 0.25) is 0 Å². The number of hydrogen-bond acceptors (Lipinski definition) is 4. The SMILES string of the molecule is CC(C)[C@H](NC(=O)c1ccco1)C(=O)OC1c2ccccc2-c2ccccc21. The Morgan fingerprint density at radius 1 is 0.929 bits per heavy atom. The van der Waals surface area contributed by atoms with E-state index in [1.165, 1.54) is 6.26 Å². The van der Waals surface area contributed by atoms with Crippen molar-refractivity contribution in [2.24, 2.45) is 5.92 Å². The molecule has 0 aliphatic heterocycles. The molecule has 5 heteroatoms. The minimum absolute atomic E-state index is 0.140. The molecule has 0 bridgehead atoms. The Morgan fingerprint density at radius 2 is 1.54 bits per heavy atom. The third-order valence-corrected chi connectivity index (χ3v) is 4.96. The Labute approximate surface area is 163 Å². The molecule has 3 aromatic rings. The lowest BCUT2D eigenvalue weighted by molar-refractivity contribution is -0.150. The monoisotopic (exact) mass is 375 g/mol.